The lowest BCUT2D eigenvalue weighted by molar-refractivity contribution is 0.00637. The van der Waals surface area contributed by atoms with Crippen molar-refractivity contribution in [2.45, 2.75) is 47.0 Å². The molecule has 3 N–H and O–H groups in total. The van der Waals surface area contributed by atoms with Crippen LogP contribution in [0.25, 0.3) is 0 Å². The molecule has 2 fully saturated rings. The van der Waals surface area contributed by atoms with Crippen molar-refractivity contribution in [1.82, 2.24) is 15.1 Å². The summed E-state index contributed by atoms with van der Waals surface area (Å²) >= 11 is 0. The lowest BCUT2D eigenvalue weighted by Gasteiger charge is -2.61. The SMILES string of the molecule is C=CCC(C)C.CC/C=C\C(=C/CC)C(=N)/C=C1/C=C(N2CC3(C2)CN(c2cn[nH]c2)C3)C=CC1=N. The Morgan fingerprint density at radius 1 is 1.17 bits per heavy atom. The van der Waals surface area contributed by atoms with Crippen molar-refractivity contribution >= 4 is 17.1 Å². The Morgan fingerprint density at radius 2 is 1.89 bits per heavy atom. The van der Waals surface area contributed by atoms with Crippen molar-refractivity contribution in [2.24, 2.45) is 11.3 Å². The Bertz CT molecular complexity index is 1070. The van der Waals surface area contributed by atoms with Gasteiger partial charge in [-0.1, -0.05) is 52.0 Å². The zero-order valence-electron chi connectivity index (χ0n) is 22.3. The molecule has 6 heteroatoms. The van der Waals surface area contributed by atoms with Crippen LogP contribution in [0.5, 0.6) is 0 Å². The molecule has 3 heterocycles. The number of H-pyrrole nitrogens is 1. The van der Waals surface area contributed by atoms with Gasteiger partial charge in [0.15, 0.2) is 0 Å². The average Bonchev–Trinajstić information content (AvgIpc) is 3.31. The Kier molecular flexibility index (Phi) is 9.45. The van der Waals surface area contributed by atoms with Crippen LogP contribution in [-0.4, -0.2) is 52.7 Å². The Hall–Kier alpha value is -3.41. The molecule has 4 rings (SSSR count). The molecular formula is C30H42N6. The van der Waals surface area contributed by atoms with Gasteiger partial charge in [-0.2, -0.15) is 5.10 Å². The topological polar surface area (TPSA) is 82.9 Å². The number of rotatable bonds is 9. The predicted octanol–water partition coefficient (Wildman–Crippen LogP) is 6.47. The van der Waals surface area contributed by atoms with E-state index in [0.29, 0.717) is 16.8 Å². The first kappa shape index (κ1) is 27.2. The summed E-state index contributed by atoms with van der Waals surface area (Å²) in [5.41, 5.74) is 5.32. The van der Waals surface area contributed by atoms with Crippen LogP contribution in [0.1, 0.15) is 47.0 Å². The number of nitrogens with zero attached hydrogens (tertiary/aromatic N) is 3. The molecule has 1 spiro atoms. The fourth-order valence-electron chi connectivity index (χ4n) is 4.68. The van der Waals surface area contributed by atoms with E-state index in [4.69, 9.17) is 10.8 Å². The van der Waals surface area contributed by atoms with E-state index in [-0.39, 0.29) is 0 Å². The number of allylic oxidation sites excluding steroid dienone is 10. The van der Waals surface area contributed by atoms with E-state index in [1.807, 2.05) is 42.8 Å². The highest BCUT2D eigenvalue weighted by Crippen LogP contribution is 2.43. The number of hydrogen-bond acceptors (Lipinski definition) is 5. The van der Waals surface area contributed by atoms with Crippen molar-refractivity contribution in [3.8, 4) is 0 Å². The van der Waals surface area contributed by atoms with E-state index in [2.05, 4.69) is 72.5 Å². The normalized spacial score (nSPS) is 19.8. The van der Waals surface area contributed by atoms with Crippen LogP contribution in [0.15, 0.2) is 84.4 Å². The molecule has 2 saturated heterocycles. The number of anilines is 1. The van der Waals surface area contributed by atoms with Gasteiger partial charge in [-0.25, -0.2) is 0 Å². The number of likely N-dealkylation sites (tertiary alicyclic amines) is 1. The minimum atomic E-state index is 0.371. The molecule has 1 aliphatic carbocycles. The fourth-order valence-corrected chi connectivity index (χ4v) is 4.68. The van der Waals surface area contributed by atoms with Crippen molar-refractivity contribution in [2.75, 3.05) is 31.1 Å². The van der Waals surface area contributed by atoms with Crippen LogP contribution in [0, 0.1) is 22.2 Å². The van der Waals surface area contributed by atoms with Crippen molar-refractivity contribution in [1.29, 1.82) is 10.8 Å². The fraction of sp³-hybridized carbons (Fsp3) is 0.433. The second-order valence-electron chi connectivity index (χ2n) is 10.3. The summed E-state index contributed by atoms with van der Waals surface area (Å²) in [6, 6.07) is 0. The first-order valence-electron chi connectivity index (χ1n) is 13.1. The average molecular weight is 487 g/mol. The monoisotopic (exact) mass is 486 g/mol. The molecule has 0 atom stereocenters. The molecule has 0 saturated carbocycles. The molecule has 0 bridgehead atoms. The molecular weight excluding hydrogens is 444 g/mol. The number of hydrogen-bond donors (Lipinski definition) is 3. The number of aromatic nitrogens is 2. The van der Waals surface area contributed by atoms with Gasteiger partial charge in [0.25, 0.3) is 0 Å². The van der Waals surface area contributed by atoms with Crippen LogP contribution in [-0.2, 0) is 0 Å². The molecule has 0 amide bonds. The van der Waals surface area contributed by atoms with Gasteiger partial charge in [-0.3, -0.25) is 5.10 Å². The van der Waals surface area contributed by atoms with Crippen molar-refractivity contribution in [3.05, 3.63) is 84.4 Å². The van der Waals surface area contributed by atoms with E-state index in [0.717, 1.165) is 68.2 Å². The molecule has 0 aromatic carbocycles. The molecule has 2 aliphatic heterocycles. The highest BCUT2D eigenvalue weighted by Gasteiger charge is 2.52. The lowest BCUT2D eigenvalue weighted by Crippen LogP contribution is -2.71. The van der Waals surface area contributed by atoms with Crippen LogP contribution >= 0.6 is 0 Å². The Balaban J connectivity index is 0.000000538. The number of aromatic amines is 1. The predicted molar refractivity (Wildman–Crippen MR) is 153 cm³/mol. The summed E-state index contributed by atoms with van der Waals surface area (Å²) in [7, 11) is 0. The Labute approximate surface area is 216 Å². The van der Waals surface area contributed by atoms with Gasteiger partial charge < -0.3 is 20.6 Å². The molecule has 1 aromatic heterocycles. The number of nitrogens with one attached hydrogen (secondary N) is 3. The van der Waals surface area contributed by atoms with Gasteiger partial charge in [-0.05, 0) is 55.1 Å². The summed E-state index contributed by atoms with van der Waals surface area (Å²) in [6.45, 7) is 16.3. The summed E-state index contributed by atoms with van der Waals surface area (Å²) in [6.07, 6.45) is 22.7. The zero-order chi connectivity index (χ0) is 26.1. The molecule has 0 unspecified atom stereocenters. The van der Waals surface area contributed by atoms with Crippen molar-refractivity contribution in [3.63, 3.8) is 0 Å². The maximum Gasteiger partial charge on any atom is 0.0750 e. The highest BCUT2D eigenvalue weighted by atomic mass is 15.3. The summed E-state index contributed by atoms with van der Waals surface area (Å²) < 4.78 is 0. The van der Waals surface area contributed by atoms with Crippen molar-refractivity contribution < 1.29 is 0 Å². The zero-order valence-corrected chi connectivity index (χ0v) is 22.3. The smallest absolute Gasteiger partial charge is 0.0750 e. The molecule has 3 aliphatic rings. The van der Waals surface area contributed by atoms with Gasteiger partial charge in [0.2, 0.25) is 0 Å². The Morgan fingerprint density at radius 3 is 2.44 bits per heavy atom. The minimum absolute atomic E-state index is 0.371. The van der Waals surface area contributed by atoms with Gasteiger partial charge in [0.05, 0.1) is 23.3 Å². The van der Waals surface area contributed by atoms with Crippen LogP contribution in [0.4, 0.5) is 5.69 Å². The van der Waals surface area contributed by atoms with E-state index in [9.17, 15) is 0 Å². The lowest BCUT2D eigenvalue weighted by atomic mass is 9.72. The van der Waals surface area contributed by atoms with Gasteiger partial charge in [-0.15, -0.1) is 6.58 Å². The van der Waals surface area contributed by atoms with Gasteiger partial charge in [0, 0.05) is 49.1 Å². The quantitative estimate of drug-likeness (QED) is 0.212. The summed E-state index contributed by atoms with van der Waals surface area (Å²) in [4.78, 5) is 4.74. The maximum atomic E-state index is 8.51. The van der Waals surface area contributed by atoms with E-state index in [1.165, 1.54) is 5.69 Å². The first-order chi connectivity index (χ1) is 17.3. The molecule has 36 heavy (non-hydrogen) atoms. The third kappa shape index (κ3) is 6.84. The minimum Gasteiger partial charge on any atom is -0.370 e. The second kappa shape index (κ2) is 12.5. The maximum absolute atomic E-state index is 8.51. The van der Waals surface area contributed by atoms with E-state index in [1.54, 1.807) is 0 Å². The van der Waals surface area contributed by atoms with Gasteiger partial charge in [0.1, 0.15) is 0 Å². The largest absolute Gasteiger partial charge is 0.370 e. The van der Waals surface area contributed by atoms with Gasteiger partial charge >= 0.3 is 0 Å². The highest BCUT2D eigenvalue weighted by molar-refractivity contribution is 6.17. The molecule has 6 nitrogen and oxygen atoms in total. The molecule has 192 valence electrons. The van der Waals surface area contributed by atoms with Crippen LogP contribution < -0.4 is 4.90 Å². The standard InChI is InChI=1S/C24H30N6.C6H12/c1-3-5-7-18(6-4-2)23(26)11-19-10-20(8-9-22(19)25)29-14-24(15-29)16-30(17-24)21-12-27-28-13-21;1-4-5-6(2)3/h5-13,25-26H,3-4,14-17H2,1-2H3,(H,27,28);4,6H,1,5H2,2-3H3/b7-5-,18-6+,19-11-,25-22?,26-23?;. The van der Waals surface area contributed by atoms with Crippen LogP contribution in [0.3, 0.4) is 0 Å². The molecule has 0 radical (unpaired) electrons. The third-order valence-corrected chi connectivity index (χ3v) is 6.56. The third-order valence-electron chi connectivity index (χ3n) is 6.56. The summed E-state index contributed by atoms with van der Waals surface area (Å²) in [5, 5.41) is 23.7. The first-order valence-corrected chi connectivity index (χ1v) is 13.1. The summed E-state index contributed by atoms with van der Waals surface area (Å²) in [5.74, 6) is 0.780. The van der Waals surface area contributed by atoms with Crippen LogP contribution in [0.2, 0.25) is 0 Å². The van der Waals surface area contributed by atoms with E-state index >= 15 is 0 Å². The second-order valence-corrected chi connectivity index (χ2v) is 10.3. The molecule has 1 aromatic rings. The van der Waals surface area contributed by atoms with E-state index < -0.39 is 0 Å².